The van der Waals surface area contributed by atoms with Crippen LogP contribution in [0.2, 0.25) is 0 Å². The first-order valence-electron chi connectivity index (χ1n) is 8.47. The first-order chi connectivity index (χ1) is 10.2. The lowest BCUT2D eigenvalue weighted by atomic mass is 9.84. The van der Waals surface area contributed by atoms with E-state index in [4.69, 9.17) is 0 Å². The molecule has 5 nitrogen and oxygen atoms in total. The number of piperidine rings is 1. The number of aliphatic carboxylic acids is 1. The van der Waals surface area contributed by atoms with Gasteiger partial charge in [-0.15, -0.1) is 0 Å². The van der Waals surface area contributed by atoms with Gasteiger partial charge in [-0.3, -0.25) is 4.79 Å². The van der Waals surface area contributed by atoms with Crippen LogP contribution in [0.1, 0.15) is 57.8 Å². The number of nitrogens with zero attached hydrogens (tertiary/aromatic N) is 1. The Labute approximate surface area is 126 Å². The lowest BCUT2D eigenvalue weighted by Gasteiger charge is -2.39. The molecule has 0 bridgehead atoms. The summed E-state index contributed by atoms with van der Waals surface area (Å²) in [6.07, 6.45) is 9.37. The number of urea groups is 1. The Hall–Kier alpha value is -1.26. The summed E-state index contributed by atoms with van der Waals surface area (Å²) in [5, 5.41) is 12.4. The molecule has 2 saturated carbocycles. The first-order valence-corrected chi connectivity index (χ1v) is 8.47. The zero-order valence-corrected chi connectivity index (χ0v) is 12.6. The number of amides is 2. The van der Waals surface area contributed by atoms with Gasteiger partial charge in [0.2, 0.25) is 0 Å². The summed E-state index contributed by atoms with van der Waals surface area (Å²) < 4.78 is 0. The Morgan fingerprint density at radius 1 is 0.952 bits per heavy atom. The van der Waals surface area contributed by atoms with Crippen LogP contribution >= 0.6 is 0 Å². The molecule has 0 aromatic heterocycles. The molecule has 1 heterocycles. The van der Waals surface area contributed by atoms with Crippen molar-refractivity contribution in [2.75, 3.05) is 6.54 Å². The topological polar surface area (TPSA) is 69.6 Å². The zero-order chi connectivity index (χ0) is 14.8. The van der Waals surface area contributed by atoms with Crippen LogP contribution in [0.15, 0.2) is 0 Å². The summed E-state index contributed by atoms with van der Waals surface area (Å²) in [6, 6.07) is 0.181. The van der Waals surface area contributed by atoms with Gasteiger partial charge in [0.05, 0.1) is 5.92 Å². The predicted molar refractivity (Wildman–Crippen MR) is 79.0 cm³/mol. The van der Waals surface area contributed by atoms with Crippen molar-refractivity contribution in [3.8, 4) is 0 Å². The van der Waals surface area contributed by atoms with Gasteiger partial charge >= 0.3 is 12.0 Å². The normalized spacial score (nSPS) is 36.1. The molecule has 3 rings (SSSR count). The summed E-state index contributed by atoms with van der Waals surface area (Å²) in [5.41, 5.74) is 0. The fourth-order valence-electron chi connectivity index (χ4n) is 4.55. The van der Waals surface area contributed by atoms with E-state index in [1.807, 2.05) is 4.90 Å². The van der Waals surface area contributed by atoms with Crippen molar-refractivity contribution in [3.63, 3.8) is 0 Å². The lowest BCUT2D eigenvalue weighted by molar-refractivity contribution is -0.143. The second-order valence-corrected chi connectivity index (χ2v) is 6.88. The van der Waals surface area contributed by atoms with Gasteiger partial charge in [0, 0.05) is 18.6 Å². The van der Waals surface area contributed by atoms with Crippen molar-refractivity contribution in [2.24, 2.45) is 11.8 Å². The highest BCUT2D eigenvalue weighted by molar-refractivity contribution is 5.77. The fourth-order valence-corrected chi connectivity index (χ4v) is 4.55. The molecule has 1 saturated heterocycles. The van der Waals surface area contributed by atoms with E-state index in [2.05, 4.69) is 5.32 Å². The van der Waals surface area contributed by atoms with Gasteiger partial charge in [0.1, 0.15) is 0 Å². The molecule has 4 unspecified atom stereocenters. The summed E-state index contributed by atoms with van der Waals surface area (Å²) in [5.74, 6) is -0.504. The molecule has 0 spiro atoms. The maximum absolute atomic E-state index is 12.6. The number of carboxylic acids is 1. The highest BCUT2D eigenvalue weighted by Gasteiger charge is 2.39. The van der Waals surface area contributed by atoms with Gasteiger partial charge in [-0.05, 0) is 44.4 Å². The van der Waals surface area contributed by atoms with Gasteiger partial charge in [0.25, 0.3) is 0 Å². The van der Waals surface area contributed by atoms with Crippen LogP contribution in [-0.4, -0.2) is 40.6 Å². The maximum Gasteiger partial charge on any atom is 0.317 e. The molecule has 4 atom stereocenters. The van der Waals surface area contributed by atoms with Crippen LogP contribution in [0.3, 0.4) is 0 Å². The molecule has 5 heteroatoms. The molecule has 2 aliphatic carbocycles. The van der Waals surface area contributed by atoms with Crippen molar-refractivity contribution in [2.45, 2.75) is 69.9 Å². The molecule has 1 aliphatic heterocycles. The number of nitrogens with one attached hydrogen (secondary N) is 1. The van der Waals surface area contributed by atoms with Crippen LogP contribution in [-0.2, 0) is 4.79 Å². The number of hydrogen-bond donors (Lipinski definition) is 2. The molecular weight excluding hydrogens is 268 g/mol. The second-order valence-electron chi connectivity index (χ2n) is 6.88. The van der Waals surface area contributed by atoms with Crippen LogP contribution in [0.25, 0.3) is 0 Å². The minimum Gasteiger partial charge on any atom is -0.481 e. The van der Waals surface area contributed by atoms with Crippen molar-refractivity contribution in [1.29, 1.82) is 0 Å². The largest absolute Gasteiger partial charge is 0.481 e. The smallest absolute Gasteiger partial charge is 0.317 e. The zero-order valence-electron chi connectivity index (χ0n) is 12.6. The SMILES string of the molecule is O=C(O)C1CCCCC1NC(=O)N1CCCC2CCCC21. The Balaban J connectivity index is 1.63. The molecule has 21 heavy (non-hydrogen) atoms. The van der Waals surface area contributed by atoms with E-state index in [0.29, 0.717) is 18.4 Å². The van der Waals surface area contributed by atoms with Crippen molar-refractivity contribution in [1.82, 2.24) is 10.2 Å². The lowest BCUT2D eigenvalue weighted by Crippen LogP contribution is -2.55. The molecule has 0 aromatic rings. The minimum absolute atomic E-state index is 0.0234. The van der Waals surface area contributed by atoms with Gasteiger partial charge in [-0.2, -0.15) is 0 Å². The summed E-state index contributed by atoms with van der Waals surface area (Å²) in [6.45, 7) is 0.831. The molecule has 2 N–H and O–H groups in total. The summed E-state index contributed by atoms with van der Waals surface area (Å²) in [4.78, 5) is 25.9. The first kappa shape index (κ1) is 14.7. The van der Waals surface area contributed by atoms with Gasteiger partial charge in [-0.1, -0.05) is 19.3 Å². The van der Waals surface area contributed by atoms with Gasteiger partial charge in [-0.25, -0.2) is 4.79 Å². The molecular formula is C16H26N2O3. The summed E-state index contributed by atoms with van der Waals surface area (Å²) >= 11 is 0. The van der Waals surface area contributed by atoms with Crippen LogP contribution in [0.4, 0.5) is 4.79 Å². The van der Waals surface area contributed by atoms with Crippen molar-refractivity contribution in [3.05, 3.63) is 0 Å². The third-order valence-corrected chi connectivity index (χ3v) is 5.65. The minimum atomic E-state index is -0.766. The van der Waals surface area contributed by atoms with Gasteiger partial charge < -0.3 is 15.3 Å². The van der Waals surface area contributed by atoms with E-state index in [9.17, 15) is 14.7 Å². The van der Waals surface area contributed by atoms with Crippen LogP contribution in [0, 0.1) is 11.8 Å². The van der Waals surface area contributed by atoms with E-state index in [1.54, 1.807) is 0 Å². The number of likely N-dealkylation sites (tertiary alicyclic amines) is 1. The number of carboxylic acid groups (broad SMARTS) is 1. The molecule has 2 amide bonds. The Morgan fingerprint density at radius 3 is 2.52 bits per heavy atom. The van der Waals surface area contributed by atoms with Crippen molar-refractivity contribution < 1.29 is 14.7 Å². The Bertz CT molecular complexity index is 412. The van der Waals surface area contributed by atoms with E-state index in [-0.39, 0.29) is 12.1 Å². The molecule has 3 fully saturated rings. The highest BCUT2D eigenvalue weighted by Crippen LogP contribution is 2.37. The Kier molecular flexibility index (Phi) is 4.36. The van der Waals surface area contributed by atoms with E-state index in [1.165, 1.54) is 19.3 Å². The number of carbonyl (C=O) groups is 2. The van der Waals surface area contributed by atoms with E-state index in [0.717, 1.165) is 38.6 Å². The monoisotopic (exact) mass is 294 g/mol. The molecule has 118 valence electrons. The van der Waals surface area contributed by atoms with E-state index >= 15 is 0 Å². The standard InChI is InChI=1S/C16H26N2O3/c19-15(20)12-7-1-2-8-13(12)17-16(21)18-10-4-6-11-5-3-9-14(11)18/h11-14H,1-10H2,(H,17,21)(H,19,20). The van der Waals surface area contributed by atoms with Crippen molar-refractivity contribution >= 4 is 12.0 Å². The number of carbonyl (C=O) groups excluding carboxylic acids is 1. The molecule has 0 aromatic carbocycles. The number of rotatable bonds is 2. The molecule has 0 radical (unpaired) electrons. The average molecular weight is 294 g/mol. The van der Waals surface area contributed by atoms with Gasteiger partial charge in [0.15, 0.2) is 0 Å². The second kappa shape index (κ2) is 6.24. The predicted octanol–water partition coefficient (Wildman–Crippen LogP) is 2.60. The third kappa shape index (κ3) is 3.01. The number of hydrogen-bond acceptors (Lipinski definition) is 2. The quantitative estimate of drug-likeness (QED) is 0.822. The van der Waals surface area contributed by atoms with E-state index < -0.39 is 11.9 Å². The maximum atomic E-state index is 12.6. The fraction of sp³-hybridized carbons (Fsp3) is 0.875. The number of fused-ring (bicyclic) bond motifs is 1. The average Bonchev–Trinajstić information content (AvgIpc) is 2.95. The highest BCUT2D eigenvalue weighted by atomic mass is 16.4. The van der Waals surface area contributed by atoms with Crippen LogP contribution in [0.5, 0.6) is 0 Å². The third-order valence-electron chi connectivity index (χ3n) is 5.65. The Morgan fingerprint density at radius 2 is 1.71 bits per heavy atom. The van der Waals surface area contributed by atoms with Crippen LogP contribution < -0.4 is 5.32 Å². The summed E-state index contributed by atoms with van der Waals surface area (Å²) in [7, 11) is 0. The molecule has 3 aliphatic rings.